The molecule has 4 heterocycles. The van der Waals surface area contributed by atoms with Gasteiger partial charge in [-0.15, -0.1) is 22.7 Å². The van der Waals surface area contributed by atoms with Gasteiger partial charge in [0, 0.05) is 73.7 Å². The maximum Gasteiger partial charge on any atom is 0.165 e. The lowest BCUT2D eigenvalue weighted by atomic mass is 10.0. The van der Waals surface area contributed by atoms with Crippen LogP contribution in [0.2, 0.25) is 0 Å². The molecule has 11 rings (SSSR count). The van der Waals surface area contributed by atoms with Gasteiger partial charge in [0.2, 0.25) is 0 Å². The Morgan fingerprint density at radius 2 is 0.643 bits per heavy atom. The van der Waals surface area contributed by atoms with Crippen LogP contribution in [0.1, 0.15) is 0 Å². The van der Waals surface area contributed by atoms with Crippen molar-refractivity contribution in [3.8, 4) is 68.3 Å². The van der Waals surface area contributed by atoms with Crippen LogP contribution in [0.4, 0.5) is 0 Å². The molecule has 0 saturated carbocycles. The highest BCUT2D eigenvalue weighted by Gasteiger charge is 2.21. The first-order valence-electron chi connectivity index (χ1n) is 18.3. The van der Waals surface area contributed by atoms with Crippen LogP contribution in [0.25, 0.3) is 109 Å². The molecule has 0 aliphatic carbocycles. The monoisotopic (exact) mass is 752 g/mol. The largest absolute Gasteiger partial charge is 0.208 e. The second kappa shape index (κ2) is 13.4. The Morgan fingerprint density at radius 1 is 0.268 bits per heavy atom. The lowest BCUT2D eigenvalue weighted by molar-refractivity contribution is 1.08. The minimum Gasteiger partial charge on any atom is -0.208 e. The van der Waals surface area contributed by atoms with Gasteiger partial charge in [0.15, 0.2) is 34.9 Å². The Morgan fingerprint density at radius 3 is 1.23 bits per heavy atom. The molecule has 0 saturated heterocycles. The summed E-state index contributed by atoms with van der Waals surface area (Å²) in [6.07, 6.45) is 0. The van der Waals surface area contributed by atoms with Gasteiger partial charge in [-0.25, -0.2) is 29.9 Å². The van der Waals surface area contributed by atoms with Crippen molar-refractivity contribution < 1.29 is 0 Å². The molecule has 0 N–H and O–H groups in total. The van der Waals surface area contributed by atoms with Crippen LogP contribution < -0.4 is 0 Å². The van der Waals surface area contributed by atoms with Crippen LogP contribution in [0.3, 0.4) is 0 Å². The zero-order chi connectivity index (χ0) is 37.0. The Hall–Kier alpha value is -7.00. The fourth-order valence-corrected chi connectivity index (χ4v) is 9.85. The molecule has 8 heteroatoms. The van der Waals surface area contributed by atoms with Crippen molar-refractivity contribution in [3.05, 3.63) is 170 Å². The minimum atomic E-state index is 0.626. The fourth-order valence-electron chi connectivity index (χ4n) is 7.40. The summed E-state index contributed by atoms with van der Waals surface area (Å²) < 4.78 is 4.62. The number of thiophene rings is 2. The first kappa shape index (κ1) is 32.4. The quantitative estimate of drug-likeness (QED) is 0.168. The fraction of sp³-hybridized carbons (Fsp3) is 0. The van der Waals surface area contributed by atoms with E-state index in [0.29, 0.717) is 34.9 Å². The third kappa shape index (κ3) is 5.54. The summed E-state index contributed by atoms with van der Waals surface area (Å²) >= 11 is 3.51. The molecule has 7 aromatic carbocycles. The van der Waals surface area contributed by atoms with Crippen LogP contribution in [-0.4, -0.2) is 29.9 Å². The van der Waals surface area contributed by atoms with E-state index in [-0.39, 0.29) is 0 Å². The number of nitrogens with zero attached hydrogens (tertiary/aromatic N) is 6. The second-order valence-electron chi connectivity index (χ2n) is 13.5. The molecule has 0 amide bonds. The normalized spacial score (nSPS) is 11.6. The van der Waals surface area contributed by atoms with E-state index in [0.717, 1.165) is 58.3 Å². The summed E-state index contributed by atoms with van der Waals surface area (Å²) in [6, 6.07) is 58.1. The van der Waals surface area contributed by atoms with Gasteiger partial charge in [-0.3, -0.25) is 0 Å². The molecule has 56 heavy (non-hydrogen) atoms. The van der Waals surface area contributed by atoms with E-state index in [4.69, 9.17) is 29.9 Å². The molecule has 6 nitrogen and oxygen atoms in total. The topological polar surface area (TPSA) is 77.3 Å². The predicted molar refractivity (Wildman–Crippen MR) is 232 cm³/mol. The lowest BCUT2D eigenvalue weighted by Gasteiger charge is -2.10. The SMILES string of the molecule is c1ccc(-c2nc(-c3ccccc3)nc(-c3cccc4c3sc3cccc(-c5nc(-c6ccccc6)nc(-c6cccc7c6sc6ccccc67)n5)c34)n2)cc1. The van der Waals surface area contributed by atoms with Gasteiger partial charge in [0.05, 0.1) is 0 Å². The van der Waals surface area contributed by atoms with Gasteiger partial charge >= 0.3 is 0 Å². The number of hydrogen-bond donors (Lipinski definition) is 0. The molecule has 0 radical (unpaired) electrons. The van der Waals surface area contributed by atoms with Crippen molar-refractivity contribution >= 4 is 63.0 Å². The Bertz CT molecular complexity index is 3190. The summed E-state index contributed by atoms with van der Waals surface area (Å²) in [7, 11) is 0. The standard InChI is InChI=1S/C48H28N6S2/c1-4-15-29(16-5-1)43-49-44(30-17-6-2-7-18-30)52-47(51-43)37-26-13-23-34-40-35(24-14-28-39(40)56-42(34)37)46-50-45(31-19-8-3-9-20-31)53-48(54-46)36-25-12-22-33-32-21-10-11-27-38(32)55-41(33)36/h1-28H. The average molecular weight is 753 g/mol. The van der Waals surface area contributed by atoms with Gasteiger partial charge in [-0.2, -0.15) is 0 Å². The van der Waals surface area contributed by atoms with Crippen LogP contribution in [-0.2, 0) is 0 Å². The van der Waals surface area contributed by atoms with Crippen LogP contribution in [0, 0.1) is 0 Å². The molecule has 0 aliphatic heterocycles. The molecule has 11 aromatic rings. The van der Waals surface area contributed by atoms with Gasteiger partial charge < -0.3 is 0 Å². The van der Waals surface area contributed by atoms with Crippen molar-refractivity contribution in [1.29, 1.82) is 0 Å². The smallest absolute Gasteiger partial charge is 0.165 e. The summed E-state index contributed by atoms with van der Waals surface area (Å²) in [6.45, 7) is 0. The predicted octanol–water partition coefficient (Wildman–Crippen LogP) is 12.8. The molecule has 0 bridgehead atoms. The van der Waals surface area contributed by atoms with Crippen molar-refractivity contribution in [2.24, 2.45) is 0 Å². The zero-order valence-corrected chi connectivity index (χ0v) is 31.3. The van der Waals surface area contributed by atoms with E-state index in [9.17, 15) is 0 Å². The number of rotatable bonds is 6. The first-order valence-corrected chi connectivity index (χ1v) is 19.9. The molecule has 4 aromatic heterocycles. The molecule has 0 unspecified atom stereocenters. The van der Waals surface area contributed by atoms with E-state index < -0.39 is 0 Å². The van der Waals surface area contributed by atoms with E-state index in [1.165, 1.54) is 15.5 Å². The highest BCUT2D eigenvalue weighted by atomic mass is 32.1. The third-order valence-electron chi connectivity index (χ3n) is 10.0. The van der Waals surface area contributed by atoms with Gasteiger partial charge in [-0.05, 0) is 24.3 Å². The maximum absolute atomic E-state index is 5.28. The number of benzene rings is 7. The lowest BCUT2D eigenvalue weighted by Crippen LogP contribution is -2.00. The van der Waals surface area contributed by atoms with Crippen LogP contribution in [0.15, 0.2) is 170 Å². The average Bonchev–Trinajstić information content (AvgIpc) is 3.86. The van der Waals surface area contributed by atoms with Gasteiger partial charge in [0.25, 0.3) is 0 Å². The highest BCUT2D eigenvalue weighted by molar-refractivity contribution is 7.26. The van der Waals surface area contributed by atoms with Crippen molar-refractivity contribution in [2.45, 2.75) is 0 Å². The Kier molecular flexibility index (Phi) is 7.75. The zero-order valence-electron chi connectivity index (χ0n) is 29.7. The number of hydrogen-bond acceptors (Lipinski definition) is 8. The molecule has 262 valence electrons. The minimum absolute atomic E-state index is 0.626. The van der Waals surface area contributed by atoms with E-state index >= 15 is 0 Å². The van der Waals surface area contributed by atoms with Crippen molar-refractivity contribution in [2.75, 3.05) is 0 Å². The van der Waals surface area contributed by atoms with E-state index in [2.05, 4.69) is 91.0 Å². The van der Waals surface area contributed by atoms with E-state index in [1.54, 1.807) is 22.7 Å². The van der Waals surface area contributed by atoms with E-state index in [1.807, 2.05) is 78.9 Å². The third-order valence-corrected chi connectivity index (χ3v) is 12.4. The van der Waals surface area contributed by atoms with Gasteiger partial charge in [0.1, 0.15) is 0 Å². The summed E-state index contributed by atoms with van der Waals surface area (Å²) in [5, 5.41) is 4.62. The highest BCUT2D eigenvalue weighted by Crippen LogP contribution is 2.44. The number of fused-ring (bicyclic) bond motifs is 6. The maximum atomic E-state index is 5.28. The number of aromatic nitrogens is 6. The molecule has 0 fully saturated rings. The first-order chi connectivity index (χ1) is 27.7. The Labute approximate surface area is 329 Å². The van der Waals surface area contributed by atoms with Crippen molar-refractivity contribution in [3.63, 3.8) is 0 Å². The van der Waals surface area contributed by atoms with Crippen molar-refractivity contribution in [1.82, 2.24) is 29.9 Å². The summed E-state index contributed by atoms with van der Waals surface area (Å²) in [5.74, 6) is 3.80. The second-order valence-corrected chi connectivity index (χ2v) is 15.6. The van der Waals surface area contributed by atoms with Crippen LogP contribution in [0.5, 0.6) is 0 Å². The summed E-state index contributed by atoms with van der Waals surface area (Å²) in [5.41, 5.74) is 5.69. The molecule has 0 spiro atoms. The molecule has 0 aliphatic rings. The molecular formula is C48H28N6S2. The summed E-state index contributed by atoms with van der Waals surface area (Å²) in [4.78, 5) is 30.7. The molecular weight excluding hydrogens is 725 g/mol. The Balaban J connectivity index is 1.13. The molecule has 0 atom stereocenters. The van der Waals surface area contributed by atoms with Crippen LogP contribution >= 0.6 is 22.7 Å². The van der Waals surface area contributed by atoms with Gasteiger partial charge in [-0.1, -0.05) is 146 Å².